The molecule has 106 valence electrons. The molecule has 0 aliphatic heterocycles. The van der Waals surface area contributed by atoms with Gasteiger partial charge in [0.1, 0.15) is 5.54 Å². The Hall–Kier alpha value is -0.590. The Kier molecular flexibility index (Phi) is 9.05. The first-order valence-corrected chi connectivity index (χ1v) is 7.33. The van der Waals surface area contributed by atoms with Crippen molar-refractivity contribution in [3.8, 4) is 6.07 Å². The highest BCUT2D eigenvalue weighted by atomic mass is 15.1. The first-order chi connectivity index (χ1) is 8.51. The summed E-state index contributed by atoms with van der Waals surface area (Å²) in [6.07, 6.45) is 4.48. The zero-order valence-corrected chi connectivity index (χ0v) is 12.9. The summed E-state index contributed by atoms with van der Waals surface area (Å²) in [5, 5.41) is 12.2. The molecule has 0 aliphatic rings. The van der Waals surface area contributed by atoms with E-state index in [9.17, 15) is 0 Å². The third kappa shape index (κ3) is 6.98. The van der Waals surface area contributed by atoms with E-state index in [0.717, 1.165) is 31.8 Å². The average molecular weight is 253 g/mol. The van der Waals surface area contributed by atoms with Gasteiger partial charge in [-0.3, -0.25) is 0 Å². The average Bonchev–Trinajstić information content (AvgIpc) is 2.41. The van der Waals surface area contributed by atoms with E-state index in [1.807, 2.05) is 14.0 Å². The van der Waals surface area contributed by atoms with E-state index in [-0.39, 0.29) is 5.54 Å². The van der Waals surface area contributed by atoms with Crippen molar-refractivity contribution in [2.45, 2.75) is 58.9 Å². The normalized spacial score (nSPS) is 16.3. The predicted octanol–water partition coefficient (Wildman–Crippen LogP) is 3.03. The highest BCUT2D eigenvalue weighted by Gasteiger charge is 2.20. The second kappa shape index (κ2) is 9.35. The van der Waals surface area contributed by atoms with Gasteiger partial charge in [0.05, 0.1) is 6.07 Å². The minimum atomic E-state index is -0.353. The summed E-state index contributed by atoms with van der Waals surface area (Å²) in [6.45, 7) is 12.3. The number of nitrogens with zero attached hydrogens (tertiary/aromatic N) is 2. The zero-order valence-electron chi connectivity index (χ0n) is 12.9. The molecule has 0 radical (unpaired) electrons. The molecular weight excluding hydrogens is 222 g/mol. The van der Waals surface area contributed by atoms with Crippen LogP contribution in [0.2, 0.25) is 0 Å². The van der Waals surface area contributed by atoms with Crippen LogP contribution >= 0.6 is 0 Å². The molecule has 1 N–H and O–H groups in total. The van der Waals surface area contributed by atoms with Crippen LogP contribution in [0, 0.1) is 17.2 Å². The second-order valence-electron chi connectivity index (χ2n) is 5.56. The number of unbranched alkanes of at least 4 members (excludes halogenated alkanes) is 1. The summed E-state index contributed by atoms with van der Waals surface area (Å²) in [5.41, 5.74) is -0.353. The van der Waals surface area contributed by atoms with Crippen molar-refractivity contribution in [2.75, 3.05) is 26.7 Å². The standard InChI is InChI=1S/C15H31N3/c1-6-14(3)12-18(7-2)11-9-8-10-15(4,13-16)17-5/h14,17H,6-12H2,1-5H3. The lowest BCUT2D eigenvalue weighted by Gasteiger charge is -2.25. The molecule has 3 heteroatoms. The highest BCUT2D eigenvalue weighted by molar-refractivity contribution is 5.02. The summed E-state index contributed by atoms with van der Waals surface area (Å²) in [7, 11) is 1.87. The highest BCUT2D eigenvalue weighted by Crippen LogP contribution is 2.13. The van der Waals surface area contributed by atoms with Crippen LogP contribution in [-0.2, 0) is 0 Å². The van der Waals surface area contributed by atoms with Crippen LogP contribution in [0.3, 0.4) is 0 Å². The first-order valence-electron chi connectivity index (χ1n) is 7.33. The fourth-order valence-electron chi connectivity index (χ4n) is 2.00. The molecule has 0 aromatic heterocycles. The van der Waals surface area contributed by atoms with Gasteiger partial charge in [-0.2, -0.15) is 5.26 Å². The van der Waals surface area contributed by atoms with E-state index in [0.29, 0.717) is 0 Å². The van der Waals surface area contributed by atoms with Crippen LogP contribution in [0.15, 0.2) is 0 Å². The molecule has 3 nitrogen and oxygen atoms in total. The molecule has 0 aliphatic carbocycles. The first kappa shape index (κ1) is 17.4. The Morgan fingerprint density at radius 1 is 1.33 bits per heavy atom. The molecule has 0 amide bonds. The third-order valence-corrected chi connectivity index (χ3v) is 3.91. The van der Waals surface area contributed by atoms with Crippen molar-refractivity contribution in [2.24, 2.45) is 5.92 Å². The number of nitrogens with one attached hydrogen (secondary N) is 1. The lowest BCUT2D eigenvalue weighted by molar-refractivity contribution is 0.238. The van der Waals surface area contributed by atoms with Crippen molar-refractivity contribution in [3.05, 3.63) is 0 Å². The van der Waals surface area contributed by atoms with Crippen LogP contribution in [0.25, 0.3) is 0 Å². The van der Waals surface area contributed by atoms with E-state index in [2.05, 4.69) is 37.1 Å². The zero-order chi connectivity index (χ0) is 14.0. The van der Waals surface area contributed by atoms with Gasteiger partial charge >= 0.3 is 0 Å². The minimum absolute atomic E-state index is 0.353. The van der Waals surface area contributed by atoms with Crippen molar-refractivity contribution >= 4 is 0 Å². The van der Waals surface area contributed by atoms with E-state index in [4.69, 9.17) is 5.26 Å². The van der Waals surface area contributed by atoms with E-state index >= 15 is 0 Å². The van der Waals surface area contributed by atoms with Crippen molar-refractivity contribution in [1.29, 1.82) is 5.26 Å². The number of rotatable bonds is 10. The fourth-order valence-corrected chi connectivity index (χ4v) is 2.00. The molecular formula is C15H31N3. The van der Waals surface area contributed by atoms with E-state index in [1.54, 1.807) is 0 Å². The third-order valence-electron chi connectivity index (χ3n) is 3.91. The maximum atomic E-state index is 9.07. The van der Waals surface area contributed by atoms with Crippen molar-refractivity contribution in [3.63, 3.8) is 0 Å². The van der Waals surface area contributed by atoms with Gasteiger partial charge in [-0.1, -0.05) is 27.2 Å². The maximum Gasteiger partial charge on any atom is 0.103 e. The predicted molar refractivity (Wildman–Crippen MR) is 78.5 cm³/mol. The molecule has 0 fully saturated rings. The molecule has 0 saturated carbocycles. The van der Waals surface area contributed by atoms with Gasteiger partial charge in [0, 0.05) is 6.54 Å². The Bertz CT molecular complexity index is 247. The molecule has 0 bridgehead atoms. The molecule has 18 heavy (non-hydrogen) atoms. The molecule has 0 saturated heterocycles. The van der Waals surface area contributed by atoms with Crippen molar-refractivity contribution < 1.29 is 0 Å². The lowest BCUT2D eigenvalue weighted by Crippen LogP contribution is -2.38. The topological polar surface area (TPSA) is 39.1 Å². The van der Waals surface area contributed by atoms with Gasteiger partial charge in [0.2, 0.25) is 0 Å². The summed E-state index contributed by atoms with van der Waals surface area (Å²) in [6, 6.07) is 2.35. The second-order valence-corrected chi connectivity index (χ2v) is 5.56. The molecule has 0 heterocycles. The quantitative estimate of drug-likeness (QED) is 0.608. The molecule has 0 aromatic carbocycles. The summed E-state index contributed by atoms with van der Waals surface area (Å²) in [5.74, 6) is 0.784. The van der Waals surface area contributed by atoms with Gasteiger partial charge < -0.3 is 10.2 Å². The summed E-state index contributed by atoms with van der Waals surface area (Å²) in [4.78, 5) is 2.53. The van der Waals surface area contributed by atoms with Crippen LogP contribution in [-0.4, -0.2) is 37.1 Å². The number of hydrogen-bond acceptors (Lipinski definition) is 3. The fraction of sp³-hybridized carbons (Fsp3) is 0.933. The van der Waals surface area contributed by atoms with E-state index in [1.165, 1.54) is 19.4 Å². The lowest BCUT2D eigenvalue weighted by atomic mass is 9.97. The molecule has 0 aromatic rings. The molecule has 0 rings (SSSR count). The van der Waals surface area contributed by atoms with Crippen LogP contribution < -0.4 is 5.32 Å². The Labute approximate surface area is 114 Å². The summed E-state index contributed by atoms with van der Waals surface area (Å²) >= 11 is 0. The Morgan fingerprint density at radius 3 is 2.44 bits per heavy atom. The molecule has 2 unspecified atom stereocenters. The SMILES string of the molecule is CCC(C)CN(CC)CCCCC(C)(C#N)NC. The van der Waals surface area contributed by atoms with Crippen LogP contribution in [0.4, 0.5) is 0 Å². The number of hydrogen-bond donors (Lipinski definition) is 1. The largest absolute Gasteiger partial charge is 0.303 e. The van der Waals surface area contributed by atoms with Crippen LogP contribution in [0.1, 0.15) is 53.4 Å². The smallest absolute Gasteiger partial charge is 0.103 e. The van der Waals surface area contributed by atoms with Crippen molar-refractivity contribution in [1.82, 2.24) is 10.2 Å². The van der Waals surface area contributed by atoms with Gasteiger partial charge in [-0.15, -0.1) is 0 Å². The molecule has 2 atom stereocenters. The number of nitriles is 1. The Balaban J connectivity index is 3.85. The minimum Gasteiger partial charge on any atom is -0.303 e. The van der Waals surface area contributed by atoms with Gasteiger partial charge in [-0.25, -0.2) is 0 Å². The maximum absolute atomic E-state index is 9.07. The summed E-state index contributed by atoms with van der Waals surface area (Å²) < 4.78 is 0. The van der Waals surface area contributed by atoms with Gasteiger partial charge in [0.25, 0.3) is 0 Å². The monoisotopic (exact) mass is 253 g/mol. The van der Waals surface area contributed by atoms with E-state index < -0.39 is 0 Å². The van der Waals surface area contributed by atoms with Gasteiger partial charge in [0.15, 0.2) is 0 Å². The van der Waals surface area contributed by atoms with Crippen LogP contribution in [0.5, 0.6) is 0 Å². The Morgan fingerprint density at radius 2 is 2.00 bits per heavy atom. The van der Waals surface area contributed by atoms with Gasteiger partial charge in [-0.05, 0) is 52.2 Å². The molecule has 0 spiro atoms.